The third-order valence-electron chi connectivity index (χ3n) is 5.51. The number of benzene rings is 1. The summed E-state index contributed by atoms with van der Waals surface area (Å²) in [5.41, 5.74) is 4.21. The van der Waals surface area contributed by atoms with E-state index in [1.54, 1.807) is 12.4 Å². The average molecular weight is 437 g/mol. The van der Waals surface area contributed by atoms with Gasteiger partial charge in [0, 0.05) is 41.3 Å². The van der Waals surface area contributed by atoms with E-state index in [-0.39, 0.29) is 11.3 Å². The summed E-state index contributed by atoms with van der Waals surface area (Å²) in [7, 11) is -3.30. The minimum Gasteiger partial charge on any atom is -0.324 e. The Morgan fingerprint density at radius 2 is 1.97 bits per heavy atom. The Morgan fingerprint density at radius 3 is 2.68 bits per heavy atom. The lowest BCUT2D eigenvalue weighted by Crippen LogP contribution is -2.16. The summed E-state index contributed by atoms with van der Waals surface area (Å²) in [6, 6.07) is 7.67. The van der Waals surface area contributed by atoms with Gasteiger partial charge < -0.3 is 5.32 Å². The average Bonchev–Trinajstić information content (AvgIpc) is 3.33. The third-order valence-corrected chi connectivity index (χ3v) is 7.69. The van der Waals surface area contributed by atoms with Gasteiger partial charge in [-0.3, -0.25) is 4.68 Å². The van der Waals surface area contributed by atoms with Gasteiger partial charge in [0.15, 0.2) is 0 Å². The third kappa shape index (κ3) is 3.59. The van der Waals surface area contributed by atoms with Crippen LogP contribution in [0.25, 0.3) is 22.2 Å². The SMILES string of the molecule is Cc1cnc(Nc2ccc3c(ccn3S(=O)(=O)C3CC3)c2)nc1-c1cnn(C(C)C)c1. The summed E-state index contributed by atoms with van der Waals surface area (Å²) in [5, 5.41) is 8.24. The van der Waals surface area contributed by atoms with Crippen LogP contribution in [0.3, 0.4) is 0 Å². The molecule has 3 heterocycles. The van der Waals surface area contributed by atoms with Crippen LogP contribution in [0.5, 0.6) is 0 Å². The molecular formula is C22H24N6O2S. The summed E-state index contributed by atoms with van der Waals surface area (Å²) in [6.07, 6.45) is 8.70. The molecule has 31 heavy (non-hydrogen) atoms. The molecule has 0 unspecified atom stereocenters. The molecule has 3 aromatic heterocycles. The number of fused-ring (bicyclic) bond motifs is 1. The van der Waals surface area contributed by atoms with Crippen molar-refractivity contribution in [2.75, 3.05) is 5.32 Å². The van der Waals surface area contributed by atoms with Gasteiger partial charge in [-0.2, -0.15) is 5.10 Å². The molecule has 1 saturated carbocycles. The fraction of sp³-hybridized carbons (Fsp3) is 0.318. The van der Waals surface area contributed by atoms with Crippen LogP contribution in [0.1, 0.15) is 38.3 Å². The number of hydrogen-bond donors (Lipinski definition) is 1. The quantitative estimate of drug-likeness (QED) is 0.485. The van der Waals surface area contributed by atoms with Crippen LogP contribution in [0, 0.1) is 6.92 Å². The van der Waals surface area contributed by atoms with Crippen molar-refractivity contribution >= 4 is 32.6 Å². The first-order valence-corrected chi connectivity index (χ1v) is 11.8. The van der Waals surface area contributed by atoms with E-state index in [1.807, 2.05) is 48.3 Å². The Kier molecular flexibility index (Phi) is 4.58. The summed E-state index contributed by atoms with van der Waals surface area (Å²) >= 11 is 0. The molecule has 1 aliphatic carbocycles. The molecule has 0 aliphatic heterocycles. The van der Waals surface area contributed by atoms with Crippen LogP contribution in [-0.4, -0.2) is 37.4 Å². The van der Waals surface area contributed by atoms with Crippen molar-refractivity contribution in [1.29, 1.82) is 0 Å². The van der Waals surface area contributed by atoms with E-state index in [4.69, 9.17) is 0 Å². The normalized spacial score (nSPS) is 14.5. The molecule has 0 atom stereocenters. The molecular weight excluding hydrogens is 412 g/mol. The van der Waals surface area contributed by atoms with Crippen molar-refractivity contribution in [1.82, 2.24) is 23.7 Å². The number of aromatic nitrogens is 5. The summed E-state index contributed by atoms with van der Waals surface area (Å²) < 4.78 is 28.5. The molecule has 1 N–H and O–H groups in total. The number of rotatable bonds is 6. The molecule has 5 rings (SSSR count). The Hall–Kier alpha value is -3.20. The summed E-state index contributed by atoms with van der Waals surface area (Å²) in [5.74, 6) is 0.474. The second-order valence-electron chi connectivity index (χ2n) is 8.28. The number of aryl methyl sites for hydroxylation is 1. The van der Waals surface area contributed by atoms with Crippen molar-refractivity contribution in [3.63, 3.8) is 0 Å². The van der Waals surface area contributed by atoms with Gasteiger partial charge in [0.2, 0.25) is 16.0 Å². The molecule has 0 saturated heterocycles. The van der Waals surface area contributed by atoms with Gasteiger partial charge in [0.1, 0.15) is 0 Å². The maximum atomic E-state index is 12.6. The first-order chi connectivity index (χ1) is 14.8. The molecule has 0 spiro atoms. The predicted molar refractivity (Wildman–Crippen MR) is 121 cm³/mol. The van der Waals surface area contributed by atoms with Crippen molar-refractivity contribution in [3.8, 4) is 11.3 Å². The van der Waals surface area contributed by atoms with Crippen molar-refractivity contribution < 1.29 is 8.42 Å². The fourth-order valence-electron chi connectivity index (χ4n) is 3.61. The lowest BCUT2D eigenvalue weighted by Gasteiger charge is -2.09. The maximum Gasteiger partial charge on any atom is 0.241 e. The maximum absolute atomic E-state index is 12.6. The lowest BCUT2D eigenvalue weighted by atomic mass is 10.1. The zero-order chi connectivity index (χ0) is 21.8. The van der Waals surface area contributed by atoms with E-state index < -0.39 is 10.0 Å². The molecule has 4 aromatic rings. The second kappa shape index (κ2) is 7.19. The van der Waals surface area contributed by atoms with Crippen molar-refractivity contribution in [2.24, 2.45) is 0 Å². The van der Waals surface area contributed by atoms with Crippen LogP contribution in [-0.2, 0) is 10.0 Å². The minimum atomic E-state index is -3.30. The molecule has 1 fully saturated rings. The zero-order valence-electron chi connectivity index (χ0n) is 17.6. The van der Waals surface area contributed by atoms with Crippen LogP contribution >= 0.6 is 0 Å². The van der Waals surface area contributed by atoms with Gasteiger partial charge in [0.25, 0.3) is 0 Å². The highest BCUT2D eigenvalue weighted by atomic mass is 32.2. The van der Waals surface area contributed by atoms with E-state index >= 15 is 0 Å². The smallest absolute Gasteiger partial charge is 0.241 e. The molecule has 8 nitrogen and oxygen atoms in total. The topological polar surface area (TPSA) is 94.7 Å². The fourth-order valence-corrected chi connectivity index (χ4v) is 5.33. The highest BCUT2D eigenvalue weighted by molar-refractivity contribution is 7.91. The first kappa shape index (κ1) is 19.7. The molecule has 1 aliphatic rings. The van der Waals surface area contributed by atoms with Crippen LogP contribution < -0.4 is 5.32 Å². The van der Waals surface area contributed by atoms with Gasteiger partial charge >= 0.3 is 0 Å². The van der Waals surface area contributed by atoms with Crippen LogP contribution in [0.2, 0.25) is 0 Å². The Labute approximate surface area is 181 Å². The molecule has 0 bridgehead atoms. The zero-order valence-corrected chi connectivity index (χ0v) is 18.5. The molecule has 160 valence electrons. The number of nitrogens with zero attached hydrogens (tertiary/aromatic N) is 5. The number of hydrogen-bond acceptors (Lipinski definition) is 6. The highest BCUT2D eigenvalue weighted by Crippen LogP contribution is 2.33. The minimum absolute atomic E-state index is 0.250. The lowest BCUT2D eigenvalue weighted by molar-refractivity contribution is 0.532. The van der Waals surface area contributed by atoms with E-state index in [1.165, 1.54) is 3.97 Å². The second-order valence-corrected chi connectivity index (χ2v) is 10.4. The van der Waals surface area contributed by atoms with Crippen LogP contribution in [0.4, 0.5) is 11.6 Å². The molecule has 1 aromatic carbocycles. The molecule has 0 amide bonds. The van der Waals surface area contributed by atoms with E-state index in [2.05, 4.69) is 34.2 Å². The predicted octanol–water partition coefficient (Wildman–Crippen LogP) is 4.27. The van der Waals surface area contributed by atoms with E-state index in [9.17, 15) is 8.42 Å². The summed E-state index contributed by atoms with van der Waals surface area (Å²) in [6.45, 7) is 6.13. The van der Waals surface area contributed by atoms with Gasteiger partial charge in [-0.25, -0.2) is 22.4 Å². The Bertz CT molecular complexity index is 1380. The molecule has 9 heteroatoms. The monoisotopic (exact) mass is 436 g/mol. The van der Waals surface area contributed by atoms with Crippen molar-refractivity contribution in [3.05, 3.63) is 54.6 Å². The van der Waals surface area contributed by atoms with Gasteiger partial charge in [-0.15, -0.1) is 0 Å². The molecule has 0 radical (unpaired) electrons. The van der Waals surface area contributed by atoms with Gasteiger partial charge in [-0.1, -0.05) is 0 Å². The Balaban J connectivity index is 1.44. The summed E-state index contributed by atoms with van der Waals surface area (Å²) in [4.78, 5) is 9.10. The van der Waals surface area contributed by atoms with Gasteiger partial charge in [-0.05, 0) is 63.4 Å². The van der Waals surface area contributed by atoms with E-state index in [0.29, 0.717) is 11.5 Å². The standard InChI is InChI=1S/C22H24N6O2S/c1-14(2)27-13-17(12-24-27)21-15(3)11-23-22(26-21)25-18-4-7-20-16(10-18)8-9-28(20)31(29,30)19-5-6-19/h4,7-14,19H,5-6H2,1-3H3,(H,23,25,26). The first-order valence-electron chi connectivity index (χ1n) is 10.3. The highest BCUT2D eigenvalue weighted by Gasteiger charge is 2.37. The number of anilines is 2. The largest absolute Gasteiger partial charge is 0.324 e. The van der Waals surface area contributed by atoms with E-state index in [0.717, 1.165) is 40.7 Å². The van der Waals surface area contributed by atoms with Crippen LogP contribution in [0.15, 0.2) is 49.1 Å². The van der Waals surface area contributed by atoms with Crippen molar-refractivity contribution in [2.45, 2.75) is 44.9 Å². The number of nitrogens with one attached hydrogen (secondary N) is 1. The van der Waals surface area contributed by atoms with Gasteiger partial charge in [0.05, 0.1) is 22.7 Å². The Morgan fingerprint density at radius 1 is 1.16 bits per heavy atom.